The van der Waals surface area contributed by atoms with Crippen molar-refractivity contribution in [1.29, 1.82) is 5.26 Å². The number of fused-ring (bicyclic) bond motifs is 1. The first-order valence-electron chi connectivity index (χ1n) is 10.7. The standard InChI is InChI=1S/C25H27FN2O3/c1-31-23-9-5-3-7-19(23)25(30)14-16(10-11-27)12-18-20(25)15-28-24(18)22(29)13-17-6-2-4-8-21(17)26/h2-9,16,18,20,24,28,30H,10,12-15H2,1H3/t16-,18-,20-,24?,25-/m1/s1. The summed E-state index contributed by atoms with van der Waals surface area (Å²) >= 11 is 0. The van der Waals surface area contributed by atoms with E-state index in [4.69, 9.17) is 4.74 Å². The lowest BCUT2D eigenvalue weighted by Crippen LogP contribution is -2.48. The molecule has 162 valence electrons. The zero-order chi connectivity index (χ0) is 22.0. The van der Waals surface area contributed by atoms with Crippen LogP contribution in [-0.4, -0.2) is 30.6 Å². The molecular weight excluding hydrogens is 395 g/mol. The first-order chi connectivity index (χ1) is 15.0. The van der Waals surface area contributed by atoms with E-state index in [9.17, 15) is 19.6 Å². The molecular formula is C25H27FN2O3. The third kappa shape index (κ3) is 3.96. The minimum Gasteiger partial charge on any atom is -0.496 e. The number of methoxy groups -OCH3 is 1. The van der Waals surface area contributed by atoms with Crippen LogP contribution in [0.1, 0.15) is 30.4 Å². The van der Waals surface area contributed by atoms with Gasteiger partial charge in [0.1, 0.15) is 11.6 Å². The number of ether oxygens (including phenoxy) is 1. The second-order valence-electron chi connectivity index (χ2n) is 8.68. The fourth-order valence-corrected chi connectivity index (χ4v) is 5.56. The van der Waals surface area contributed by atoms with E-state index in [1.165, 1.54) is 6.07 Å². The maximum absolute atomic E-state index is 14.1. The molecule has 2 aromatic rings. The van der Waals surface area contributed by atoms with Crippen molar-refractivity contribution in [2.24, 2.45) is 17.8 Å². The summed E-state index contributed by atoms with van der Waals surface area (Å²) in [5, 5.41) is 24.6. The lowest BCUT2D eigenvalue weighted by atomic mass is 9.61. The number of ketones is 1. The van der Waals surface area contributed by atoms with Gasteiger partial charge in [0.15, 0.2) is 5.78 Å². The van der Waals surface area contributed by atoms with E-state index in [2.05, 4.69) is 11.4 Å². The van der Waals surface area contributed by atoms with Crippen LogP contribution in [0.3, 0.4) is 0 Å². The number of aliphatic hydroxyl groups is 1. The summed E-state index contributed by atoms with van der Waals surface area (Å²) in [7, 11) is 1.57. The second-order valence-corrected chi connectivity index (χ2v) is 8.68. The fraction of sp³-hybridized carbons (Fsp3) is 0.440. The Labute approximate surface area is 181 Å². The van der Waals surface area contributed by atoms with Gasteiger partial charge in [0, 0.05) is 30.9 Å². The summed E-state index contributed by atoms with van der Waals surface area (Å²) in [6.45, 7) is 0.478. The van der Waals surface area contributed by atoms with Crippen molar-refractivity contribution in [2.45, 2.75) is 37.3 Å². The number of carbonyl (C=O) groups is 1. The number of benzene rings is 2. The van der Waals surface area contributed by atoms with Crippen molar-refractivity contribution >= 4 is 5.78 Å². The van der Waals surface area contributed by atoms with Gasteiger partial charge in [-0.1, -0.05) is 36.4 Å². The maximum Gasteiger partial charge on any atom is 0.154 e. The molecule has 2 aromatic carbocycles. The third-order valence-corrected chi connectivity index (χ3v) is 6.94. The van der Waals surface area contributed by atoms with Gasteiger partial charge >= 0.3 is 0 Å². The molecule has 2 N–H and O–H groups in total. The summed E-state index contributed by atoms with van der Waals surface area (Å²) in [4.78, 5) is 13.2. The van der Waals surface area contributed by atoms with Crippen molar-refractivity contribution in [1.82, 2.24) is 5.32 Å². The van der Waals surface area contributed by atoms with Crippen LogP contribution in [0.4, 0.5) is 4.39 Å². The lowest BCUT2D eigenvalue weighted by Gasteiger charge is -2.46. The molecule has 1 aliphatic carbocycles. The van der Waals surface area contributed by atoms with Crippen LogP contribution >= 0.6 is 0 Å². The minimum absolute atomic E-state index is 0.00354. The highest BCUT2D eigenvalue weighted by molar-refractivity contribution is 5.87. The van der Waals surface area contributed by atoms with Crippen molar-refractivity contribution in [3.8, 4) is 11.8 Å². The molecule has 0 aromatic heterocycles. The number of nitriles is 1. The number of hydrogen-bond donors (Lipinski definition) is 2. The molecule has 6 heteroatoms. The molecule has 5 nitrogen and oxygen atoms in total. The van der Waals surface area contributed by atoms with Crippen molar-refractivity contribution in [3.05, 3.63) is 65.5 Å². The predicted molar refractivity (Wildman–Crippen MR) is 114 cm³/mol. The van der Waals surface area contributed by atoms with E-state index in [1.54, 1.807) is 25.3 Å². The van der Waals surface area contributed by atoms with Gasteiger partial charge in [0.05, 0.1) is 24.8 Å². The molecule has 0 spiro atoms. The van der Waals surface area contributed by atoms with Gasteiger partial charge < -0.3 is 15.2 Å². The molecule has 4 rings (SSSR count). The van der Waals surface area contributed by atoms with Crippen molar-refractivity contribution in [2.75, 3.05) is 13.7 Å². The summed E-state index contributed by atoms with van der Waals surface area (Å²) in [5.41, 5.74) is -0.141. The van der Waals surface area contributed by atoms with Crippen LogP contribution in [0.15, 0.2) is 48.5 Å². The van der Waals surface area contributed by atoms with E-state index < -0.39 is 11.6 Å². The Hall–Kier alpha value is -2.75. The van der Waals surface area contributed by atoms with Gasteiger partial charge in [-0.25, -0.2) is 4.39 Å². The summed E-state index contributed by atoms with van der Waals surface area (Å²) < 4.78 is 19.6. The number of carbonyl (C=O) groups excluding carboxylic acids is 1. The molecule has 1 saturated heterocycles. The molecule has 0 amide bonds. The van der Waals surface area contributed by atoms with E-state index in [0.717, 1.165) is 0 Å². The van der Waals surface area contributed by atoms with Crippen LogP contribution < -0.4 is 10.1 Å². The molecule has 1 saturated carbocycles. The monoisotopic (exact) mass is 422 g/mol. The van der Waals surface area contributed by atoms with Crippen LogP contribution in [0.25, 0.3) is 0 Å². The highest BCUT2D eigenvalue weighted by Crippen LogP contribution is 2.52. The Morgan fingerprint density at radius 1 is 1.29 bits per heavy atom. The predicted octanol–water partition coefficient (Wildman–Crippen LogP) is 3.36. The zero-order valence-electron chi connectivity index (χ0n) is 17.6. The molecule has 0 bridgehead atoms. The zero-order valence-corrected chi connectivity index (χ0v) is 17.6. The van der Waals surface area contributed by atoms with Crippen LogP contribution in [-0.2, 0) is 16.8 Å². The lowest BCUT2D eigenvalue weighted by molar-refractivity contribution is -0.124. The smallest absolute Gasteiger partial charge is 0.154 e. The molecule has 2 fully saturated rings. The largest absolute Gasteiger partial charge is 0.496 e. The first kappa shape index (κ1) is 21.5. The number of nitrogens with one attached hydrogen (secondary N) is 1. The number of rotatable bonds is 6. The van der Waals surface area contributed by atoms with E-state index in [-0.39, 0.29) is 35.8 Å². The Morgan fingerprint density at radius 2 is 2.03 bits per heavy atom. The summed E-state index contributed by atoms with van der Waals surface area (Å²) in [5.74, 6) is -0.249. The molecule has 1 aliphatic heterocycles. The molecule has 31 heavy (non-hydrogen) atoms. The Kier molecular flexibility index (Phi) is 6.08. The average molecular weight is 423 g/mol. The van der Waals surface area contributed by atoms with E-state index in [1.807, 2.05) is 24.3 Å². The van der Waals surface area contributed by atoms with Gasteiger partial charge in [-0.05, 0) is 42.4 Å². The van der Waals surface area contributed by atoms with Gasteiger partial charge in [-0.15, -0.1) is 0 Å². The number of Topliss-reactive ketones (excluding diaryl/α,β-unsaturated/α-hetero) is 1. The van der Waals surface area contributed by atoms with E-state index >= 15 is 0 Å². The fourth-order valence-electron chi connectivity index (χ4n) is 5.56. The van der Waals surface area contributed by atoms with Gasteiger partial charge in [0.25, 0.3) is 0 Å². The number of para-hydroxylation sites is 1. The van der Waals surface area contributed by atoms with Crippen LogP contribution in [0.5, 0.6) is 5.75 Å². The Bertz CT molecular complexity index is 1000. The average Bonchev–Trinajstić information content (AvgIpc) is 3.20. The Morgan fingerprint density at radius 3 is 2.77 bits per heavy atom. The third-order valence-electron chi connectivity index (χ3n) is 6.94. The highest BCUT2D eigenvalue weighted by Gasteiger charge is 2.55. The van der Waals surface area contributed by atoms with Crippen LogP contribution in [0, 0.1) is 34.9 Å². The quantitative estimate of drug-likeness (QED) is 0.746. The van der Waals surface area contributed by atoms with E-state index in [0.29, 0.717) is 42.7 Å². The molecule has 1 unspecified atom stereocenters. The summed E-state index contributed by atoms with van der Waals surface area (Å²) in [6.07, 6.45) is 1.44. The van der Waals surface area contributed by atoms with Crippen molar-refractivity contribution < 1.29 is 19.0 Å². The molecule has 1 heterocycles. The normalized spacial score (nSPS) is 29.7. The number of halogens is 1. The SMILES string of the molecule is COc1ccccc1[C@]1(O)C[C@H](CC#N)C[C@H]2C(C(=O)Cc3ccccc3F)NC[C@H]21. The van der Waals surface area contributed by atoms with Gasteiger partial charge in [-0.3, -0.25) is 4.79 Å². The Balaban J connectivity index is 1.65. The molecule has 2 aliphatic rings. The topological polar surface area (TPSA) is 82.3 Å². The number of hydrogen-bond acceptors (Lipinski definition) is 5. The first-order valence-corrected chi connectivity index (χ1v) is 10.7. The second kappa shape index (κ2) is 8.78. The van der Waals surface area contributed by atoms with Crippen molar-refractivity contribution in [3.63, 3.8) is 0 Å². The molecule has 0 radical (unpaired) electrons. The van der Waals surface area contributed by atoms with Gasteiger partial charge in [-0.2, -0.15) is 5.26 Å². The minimum atomic E-state index is -1.21. The molecule has 5 atom stereocenters. The number of nitrogens with zero attached hydrogens (tertiary/aromatic N) is 1. The maximum atomic E-state index is 14.1. The highest BCUT2D eigenvalue weighted by atomic mass is 19.1. The summed E-state index contributed by atoms with van der Waals surface area (Å²) in [6, 6.07) is 15.5. The van der Waals surface area contributed by atoms with Gasteiger partial charge in [0.2, 0.25) is 0 Å². The van der Waals surface area contributed by atoms with Crippen LogP contribution in [0.2, 0.25) is 0 Å².